The van der Waals surface area contributed by atoms with Gasteiger partial charge in [0.15, 0.2) is 11.6 Å². The zero-order valence-electron chi connectivity index (χ0n) is 23.7. The molecule has 0 radical (unpaired) electrons. The van der Waals surface area contributed by atoms with E-state index in [-0.39, 0.29) is 17.3 Å². The highest BCUT2D eigenvalue weighted by molar-refractivity contribution is 6.05. The normalized spacial score (nSPS) is 22.1. The average Bonchev–Trinajstić information content (AvgIpc) is 3.57. The molecule has 7 rings (SSSR count). The van der Waals surface area contributed by atoms with Gasteiger partial charge in [0.25, 0.3) is 0 Å². The molecule has 216 valence electrons. The summed E-state index contributed by atoms with van der Waals surface area (Å²) in [7, 11) is 3.67. The quantitative estimate of drug-likeness (QED) is 0.334. The van der Waals surface area contributed by atoms with Crippen LogP contribution < -0.4 is 19.7 Å². The first-order valence-corrected chi connectivity index (χ1v) is 14.4. The summed E-state index contributed by atoms with van der Waals surface area (Å²) in [6.07, 6.45) is 11.9. The van der Waals surface area contributed by atoms with E-state index in [0.29, 0.717) is 69.2 Å². The lowest BCUT2D eigenvalue weighted by atomic mass is 9.94. The van der Waals surface area contributed by atoms with Crippen molar-refractivity contribution in [2.75, 3.05) is 45.3 Å². The number of nitrogens with zero attached hydrogens (tertiary/aromatic N) is 5. The van der Waals surface area contributed by atoms with E-state index in [1.807, 2.05) is 0 Å². The molecule has 2 aromatic carbocycles. The smallest absolute Gasteiger partial charge is 0.319 e. The van der Waals surface area contributed by atoms with Crippen LogP contribution in [0.1, 0.15) is 31.2 Å². The van der Waals surface area contributed by atoms with Crippen LogP contribution in [0.2, 0.25) is 0 Å². The number of terminal acetylenes is 1. The number of rotatable bonds is 6. The number of likely N-dealkylation sites (N-methyl/N-ethyl adjacent to an activating group) is 1. The third kappa shape index (κ3) is 4.53. The zero-order chi connectivity index (χ0) is 29.0. The van der Waals surface area contributed by atoms with Gasteiger partial charge in [-0.1, -0.05) is 12.0 Å². The third-order valence-corrected chi connectivity index (χ3v) is 8.91. The highest BCUT2D eigenvalue weighted by atomic mass is 19.1. The van der Waals surface area contributed by atoms with Crippen molar-refractivity contribution in [3.8, 4) is 41.0 Å². The number of methoxy groups -OCH3 is 1. The maximum absolute atomic E-state index is 14.9. The fourth-order valence-corrected chi connectivity index (χ4v) is 6.81. The molecule has 2 aromatic heterocycles. The Hall–Kier alpha value is -4.20. The van der Waals surface area contributed by atoms with E-state index in [0.717, 1.165) is 45.3 Å². The lowest BCUT2D eigenvalue weighted by Crippen LogP contribution is -2.51. The number of hydrogen-bond donors (Lipinski definition) is 2. The molecule has 3 saturated heterocycles. The molecule has 9 nitrogen and oxygen atoms in total. The van der Waals surface area contributed by atoms with Crippen LogP contribution in [0, 0.1) is 18.2 Å². The van der Waals surface area contributed by atoms with Gasteiger partial charge in [0.1, 0.15) is 29.2 Å². The van der Waals surface area contributed by atoms with E-state index in [1.54, 1.807) is 31.5 Å². The summed E-state index contributed by atoms with van der Waals surface area (Å²) in [5, 5.41) is 15.4. The maximum Gasteiger partial charge on any atom is 0.319 e. The molecular formula is C32H33FN6O3. The number of piperazine rings is 1. The fourth-order valence-electron chi connectivity index (χ4n) is 6.81. The standard InChI is InChI=1S/C32H33FN6O3/c1-4-23-26(33)10-7-18-12-22(40)13-24(27(18)23)25-14-34-29-28(30(25)41-3)36-32(42-17-21-6-5-11-38(21)2)37-31(29)39-15-19-8-9-20(16-39)35-19/h1,7,10,12-14,19-21,35,40H,5-6,8-9,11,15-17H2,2-3H3. The van der Waals surface area contributed by atoms with Crippen molar-refractivity contribution in [3.63, 3.8) is 0 Å². The molecule has 0 spiro atoms. The Labute approximate surface area is 243 Å². The second-order valence-electron chi connectivity index (χ2n) is 11.5. The van der Waals surface area contributed by atoms with Gasteiger partial charge in [-0.25, -0.2) is 9.37 Å². The Morgan fingerprint density at radius 3 is 2.64 bits per heavy atom. The molecule has 2 N–H and O–H groups in total. The molecule has 3 atom stereocenters. The Kier molecular flexibility index (Phi) is 6.72. The first kappa shape index (κ1) is 26.7. The first-order chi connectivity index (χ1) is 20.4. The van der Waals surface area contributed by atoms with Crippen LogP contribution in [-0.2, 0) is 0 Å². The van der Waals surface area contributed by atoms with Gasteiger partial charge in [0.2, 0.25) is 0 Å². The molecule has 0 saturated carbocycles. The van der Waals surface area contributed by atoms with Gasteiger partial charge in [-0.05, 0) is 68.4 Å². The third-order valence-electron chi connectivity index (χ3n) is 8.91. The van der Waals surface area contributed by atoms with Gasteiger partial charge in [-0.3, -0.25) is 0 Å². The van der Waals surface area contributed by atoms with E-state index < -0.39 is 5.82 Å². The van der Waals surface area contributed by atoms with Crippen LogP contribution in [0.3, 0.4) is 0 Å². The summed E-state index contributed by atoms with van der Waals surface area (Å²) in [5.74, 6) is 3.10. The summed E-state index contributed by atoms with van der Waals surface area (Å²) >= 11 is 0. The minimum atomic E-state index is -0.518. The number of phenolic OH excluding ortho intramolecular Hbond substituents is 1. The van der Waals surface area contributed by atoms with Crippen LogP contribution in [-0.4, -0.2) is 83.5 Å². The number of fused-ring (bicyclic) bond motifs is 4. The number of aromatic nitrogens is 3. The molecule has 10 heteroatoms. The monoisotopic (exact) mass is 568 g/mol. The number of likely N-dealkylation sites (tertiary alicyclic amines) is 1. The molecule has 3 unspecified atom stereocenters. The summed E-state index contributed by atoms with van der Waals surface area (Å²) in [6.45, 7) is 3.13. The molecule has 42 heavy (non-hydrogen) atoms. The number of phenols is 1. The van der Waals surface area contributed by atoms with Crippen LogP contribution in [0.15, 0.2) is 30.5 Å². The van der Waals surface area contributed by atoms with Crippen LogP contribution in [0.25, 0.3) is 32.9 Å². The molecule has 4 aromatic rings. The Morgan fingerprint density at radius 1 is 1.12 bits per heavy atom. The van der Waals surface area contributed by atoms with E-state index in [4.69, 9.17) is 30.8 Å². The minimum Gasteiger partial charge on any atom is -0.508 e. The van der Waals surface area contributed by atoms with E-state index >= 15 is 0 Å². The largest absolute Gasteiger partial charge is 0.508 e. The van der Waals surface area contributed by atoms with Crippen LogP contribution in [0.4, 0.5) is 10.2 Å². The second-order valence-corrected chi connectivity index (χ2v) is 11.5. The summed E-state index contributed by atoms with van der Waals surface area (Å²) in [5.41, 5.74) is 2.21. The van der Waals surface area contributed by atoms with Crippen molar-refractivity contribution in [3.05, 3.63) is 41.8 Å². The first-order valence-electron chi connectivity index (χ1n) is 14.4. The van der Waals surface area contributed by atoms with E-state index in [1.165, 1.54) is 6.07 Å². The predicted octanol–water partition coefficient (Wildman–Crippen LogP) is 4.09. The number of halogens is 1. The van der Waals surface area contributed by atoms with Crippen molar-refractivity contribution in [1.29, 1.82) is 0 Å². The number of pyridine rings is 1. The Bertz CT molecular complexity index is 1730. The molecule has 3 aliphatic heterocycles. The average molecular weight is 569 g/mol. The van der Waals surface area contributed by atoms with Gasteiger partial charge in [0, 0.05) is 48.4 Å². The van der Waals surface area contributed by atoms with Gasteiger partial charge in [-0.2, -0.15) is 9.97 Å². The van der Waals surface area contributed by atoms with Gasteiger partial charge < -0.3 is 29.7 Å². The highest BCUT2D eigenvalue weighted by Crippen LogP contribution is 2.43. The Morgan fingerprint density at radius 2 is 1.93 bits per heavy atom. The predicted molar refractivity (Wildman–Crippen MR) is 160 cm³/mol. The van der Waals surface area contributed by atoms with Crippen LogP contribution in [0.5, 0.6) is 17.5 Å². The van der Waals surface area contributed by atoms with Crippen molar-refractivity contribution in [1.82, 2.24) is 25.2 Å². The van der Waals surface area contributed by atoms with Crippen molar-refractivity contribution >= 4 is 27.6 Å². The number of anilines is 1. The molecule has 5 heterocycles. The second kappa shape index (κ2) is 10.6. The molecular weight excluding hydrogens is 535 g/mol. The molecule has 2 bridgehead atoms. The number of ether oxygens (including phenoxy) is 2. The number of aromatic hydroxyl groups is 1. The zero-order valence-corrected chi connectivity index (χ0v) is 23.7. The lowest BCUT2D eigenvalue weighted by Gasteiger charge is -2.34. The van der Waals surface area contributed by atoms with E-state index in [2.05, 4.69) is 28.1 Å². The summed E-state index contributed by atoms with van der Waals surface area (Å²) < 4.78 is 27.1. The van der Waals surface area contributed by atoms with Crippen LogP contribution >= 0.6 is 0 Å². The van der Waals surface area contributed by atoms with Crippen molar-refractivity contribution < 1.29 is 19.0 Å². The highest BCUT2D eigenvalue weighted by Gasteiger charge is 2.35. The fraction of sp³-hybridized carbons (Fsp3) is 0.406. The topological polar surface area (TPSA) is 95.9 Å². The van der Waals surface area contributed by atoms with E-state index in [9.17, 15) is 9.50 Å². The van der Waals surface area contributed by atoms with Gasteiger partial charge >= 0.3 is 6.01 Å². The van der Waals surface area contributed by atoms with Gasteiger partial charge in [0.05, 0.1) is 12.7 Å². The van der Waals surface area contributed by atoms with Crippen molar-refractivity contribution in [2.24, 2.45) is 0 Å². The summed E-state index contributed by atoms with van der Waals surface area (Å²) in [6, 6.07) is 7.36. The Balaban J connectivity index is 1.42. The van der Waals surface area contributed by atoms with Gasteiger partial charge in [-0.15, -0.1) is 6.42 Å². The molecule has 0 aliphatic carbocycles. The molecule has 3 aliphatic rings. The van der Waals surface area contributed by atoms with Crippen molar-refractivity contribution in [2.45, 2.75) is 43.8 Å². The number of benzene rings is 2. The molecule has 3 fully saturated rings. The SMILES string of the molecule is C#Cc1c(F)ccc2cc(O)cc(-c3cnc4c(N5CC6CCC(C5)N6)nc(OCC5CCCN5C)nc4c3OC)c12. The maximum atomic E-state index is 14.9. The summed E-state index contributed by atoms with van der Waals surface area (Å²) in [4.78, 5) is 19.2. The number of nitrogens with one attached hydrogen (secondary N) is 1. The minimum absolute atomic E-state index is 0.0126. The lowest BCUT2D eigenvalue weighted by molar-refractivity contribution is 0.188. The molecule has 0 amide bonds. The number of hydrogen-bond acceptors (Lipinski definition) is 9.